The molecule has 1 aromatic carbocycles. The van der Waals surface area contributed by atoms with E-state index in [4.69, 9.17) is 0 Å². The molecule has 2 aromatic rings. The van der Waals surface area contributed by atoms with E-state index in [9.17, 15) is 9.59 Å². The highest BCUT2D eigenvalue weighted by Gasteiger charge is 2.34. The molecule has 0 radical (unpaired) electrons. The zero-order valence-electron chi connectivity index (χ0n) is 13.3. The highest BCUT2D eigenvalue weighted by molar-refractivity contribution is 5.96. The summed E-state index contributed by atoms with van der Waals surface area (Å²) in [5.74, 6) is 0.0621. The van der Waals surface area contributed by atoms with Crippen molar-refractivity contribution in [2.45, 2.75) is 19.9 Å². The molecule has 23 heavy (non-hydrogen) atoms. The van der Waals surface area contributed by atoms with Gasteiger partial charge in [-0.25, -0.2) is 0 Å². The maximum atomic E-state index is 12.3. The summed E-state index contributed by atoms with van der Waals surface area (Å²) in [5.41, 5.74) is 2.27. The molecule has 1 saturated heterocycles. The first-order chi connectivity index (χ1) is 11.0. The molecular weight excluding hydrogens is 292 g/mol. The third-order valence-corrected chi connectivity index (χ3v) is 4.04. The Labute approximate surface area is 135 Å². The van der Waals surface area contributed by atoms with Gasteiger partial charge in [-0.3, -0.25) is 14.3 Å². The van der Waals surface area contributed by atoms with Gasteiger partial charge in [0.05, 0.1) is 5.92 Å². The summed E-state index contributed by atoms with van der Waals surface area (Å²) in [7, 11) is 1.79. The van der Waals surface area contributed by atoms with Crippen LogP contribution in [0.15, 0.2) is 36.5 Å². The van der Waals surface area contributed by atoms with E-state index in [-0.39, 0.29) is 24.2 Å². The molecule has 1 aliphatic heterocycles. The van der Waals surface area contributed by atoms with Crippen molar-refractivity contribution in [1.82, 2.24) is 14.7 Å². The third kappa shape index (κ3) is 3.59. The first-order valence-corrected chi connectivity index (χ1v) is 7.65. The Kier molecular flexibility index (Phi) is 4.14. The van der Waals surface area contributed by atoms with Gasteiger partial charge in [0.25, 0.3) is 0 Å². The van der Waals surface area contributed by atoms with Crippen molar-refractivity contribution in [1.29, 1.82) is 0 Å². The number of carbonyl (C=O) groups is 2. The number of aryl methyl sites for hydroxylation is 2. The molecule has 120 valence electrons. The molecule has 0 spiro atoms. The fourth-order valence-electron chi connectivity index (χ4n) is 2.72. The van der Waals surface area contributed by atoms with E-state index in [0.29, 0.717) is 18.9 Å². The van der Waals surface area contributed by atoms with Crippen LogP contribution in [0.1, 0.15) is 17.5 Å². The highest BCUT2D eigenvalue weighted by Crippen LogP contribution is 2.21. The summed E-state index contributed by atoms with van der Waals surface area (Å²) in [4.78, 5) is 26.2. The molecule has 1 aliphatic rings. The Morgan fingerprint density at radius 3 is 2.70 bits per heavy atom. The van der Waals surface area contributed by atoms with Crippen molar-refractivity contribution < 1.29 is 9.59 Å². The monoisotopic (exact) mass is 312 g/mol. The lowest BCUT2D eigenvalue weighted by Crippen LogP contribution is -2.28. The zero-order valence-corrected chi connectivity index (χ0v) is 13.3. The summed E-state index contributed by atoms with van der Waals surface area (Å²) < 4.78 is 1.62. The molecule has 6 heteroatoms. The lowest BCUT2D eigenvalue weighted by molar-refractivity contribution is -0.128. The van der Waals surface area contributed by atoms with Gasteiger partial charge in [-0.2, -0.15) is 5.10 Å². The van der Waals surface area contributed by atoms with Crippen LogP contribution in [0.4, 0.5) is 5.82 Å². The smallest absolute Gasteiger partial charge is 0.230 e. The molecule has 2 heterocycles. The van der Waals surface area contributed by atoms with E-state index in [1.165, 1.54) is 5.56 Å². The standard InChI is InChI=1S/C17H20N4O2/c1-12-3-5-13(6-4-12)10-21-11-14(9-16(21)22)17(23)18-15-7-8-20(2)19-15/h3-8,14H,9-11H2,1-2H3,(H,18,19,23). The predicted molar refractivity (Wildman–Crippen MR) is 86.5 cm³/mol. The second-order valence-electron chi connectivity index (χ2n) is 6.02. The van der Waals surface area contributed by atoms with E-state index >= 15 is 0 Å². The summed E-state index contributed by atoms with van der Waals surface area (Å²) in [5, 5.41) is 6.89. The number of nitrogens with one attached hydrogen (secondary N) is 1. The number of aromatic nitrogens is 2. The van der Waals surface area contributed by atoms with E-state index < -0.39 is 0 Å². The van der Waals surface area contributed by atoms with Gasteiger partial charge in [0.1, 0.15) is 0 Å². The van der Waals surface area contributed by atoms with Crippen molar-refractivity contribution in [3.05, 3.63) is 47.7 Å². The lowest BCUT2D eigenvalue weighted by atomic mass is 10.1. The molecule has 1 fully saturated rings. The Morgan fingerprint density at radius 2 is 2.04 bits per heavy atom. The molecule has 1 atom stereocenters. The van der Waals surface area contributed by atoms with Crippen LogP contribution < -0.4 is 5.32 Å². The Hall–Kier alpha value is -2.63. The van der Waals surface area contributed by atoms with Crippen molar-refractivity contribution in [2.24, 2.45) is 13.0 Å². The van der Waals surface area contributed by atoms with Crippen LogP contribution >= 0.6 is 0 Å². The predicted octanol–water partition coefficient (Wildman–Crippen LogP) is 1.72. The molecule has 1 unspecified atom stereocenters. The summed E-state index contributed by atoms with van der Waals surface area (Å²) in [6.07, 6.45) is 2.02. The third-order valence-electron chi connectivity index (χ3n) is 4.04. The fourth-order valence-corrected chi connectivity index (χ4v) is 2.72. The lowest BCUT2D eigenvalue weighted by Gasteiger charge is -2.16. The first kappa shape index (κ1) is 15.3. The van der Waals surface area contributed by atoms with Crippen molar-refractivity contribution >= 4 is 17.6 Å². The van der Waals surface area contributed by atoms with Crippen LogP contribution in [0.2, 0.25) is 0 Å². The fraction of sp³-hybridized carbons (Fsp3) is 0.353. The normalized spacial score (nSPS) is 17.6. The number of hydrogen-bond acceptors (Lipinski definition) is 3. The van der Waals surface area contributed by atoms with Gasteiger partial charge in [0, 0.05) is 38.8 Å². The number of hydrogen-bond donors (Lipinski definition) is 1. The minimum absolute atomic E-state index is 0.0201. The maximum Gasteiger partial charge on any atom is 0.230 e. The number of rotatable bonds is 4. The minimum Gasteiger partial charge on any atom is -0.338 e. The van der Waals surface area contributed by atoms with Gasteiger partial charge in [-0.1, -0.05) is 29.8 Å². The van der Waals surface area contributed by atoms with Crippen LogP contribution in [0.3, 0.4) is 0 Å². The number of likely N-dealkylation sites (tertiary alicyclic amines) is 1. The van der Waals surface area contributed by atoms with E-state index in [0.717, 1.165) is 5.56 Å². The molecule has 1 N–H and O–H groups in total. The summed E-state index contributed by atoms with van der Waals surface area (Å²) in [6, 6.07) is 9.83. The number of carbonyl (C=O) groups excluding carboxylic acids is 2. The van der Waals surface area contributed by atoms with Crippen molar-refractivity contribution in [2.75, 3.05) is 11.9 Å². The number of benzene rings is 1. The second-order valence-corrected chi connectivity index (χ2v) is 6.02. The highest BCUT2D eigenvalue weighted by atomic mass is 16.2. The molecule has 3 rings (SSSR count). The summed E-state index contributed by atoms with van der Waals surface area (Å²) in [6.45, 7) is 3.03. The maximum absolute atomic E-state index is 12.3. The van der Waals surface area contributed by atoms with Gasteiger partial charge in [0.2, 0.25) is 11.8 Å². The number of nitrogens with zero attached hydrogens (tertiary/aromatic N) is 3. The molecule has 1 aromatic heterocycles. The van der Waals surface area contributed by atoms with Gasteiger partial charge < -0.3 is 10.2 Å². The second kappa shape index (κ2) is 6.24. The average Bonchev–Trinajstić information content (AvgIpc) is 3.08. The number of amides is 2. The van der Waals surface area contributed by atoms with E-state index in [1.807, 2.05) is 31.2 Å². The van der Waals surface area contributed by atoms with Crippen LogP contribution in [0, 0.1) is 12.8 Å². The average molecular weight is 312 g/mol. The topological polar surface area (TPSA) is 67.2 Å². The SMILES string of the molecule is Cc1ccc(CN2CC(C(=O)Nc3ccn(C)n3)CC2=O)cc1. The quantitative estimate of drug-likeness (QED) is 0.934. The van der Waals surface area contributed by atoms with Crippen LogP contribution in [0.5, 0.6) is 0 Å². The molecule has 0 aliphatic carbocycles. The van der Waals surface area contributed by atoms with Gasteiger partial charge in [-0.05, 0) is 12.5 Å². The van der Waals surface area contributed by atoms with E-state index in [2.05, 4.69) is 10.4 Å². The Balaban J connectivity index is 1.60. The zero-order chi connectivity index (χ0) is 16.4. The van der Waals surface area contributed by atoms with Crippen molar-refractivity contribution in [3.8, 4) is 0 Å². The molecular formula is C17H20N4O2. The molecule has 0 saturated carbocycles. The molecule has 6 nitrogen and oxygen atoms in total. The Bertz CT molecular complexity index is 720. The minimum atomic E-state index is -0.324. The van der Waals surface area contributed by atoms with Gasteiger partial charge >= 0.3 is 0 Å². The van der Waals surface area contributed by atoms with Crippen molar-refractivity contribution in [3.63, 3.8) is 0 Å². The van der Waals surface area contributed by atoms with Crippen LogP contribution in [0.25, 0.3) is 0 Å². The van der Waals surface area contributed by atoms with Crippen LogP contribution in [-0.2, 0) is 23.2 Å². The van der Waals surface area contributed by atoms with Gasteiger partial charge in [0.15, 0.2) is 5.82 Å². The molecule has 0 bridgehead atoms. The number of anilines is 1. The first-order valence-electron chi connectivity index (χ1n) is 7.65. The Morgan fingerprint density at radius 1 is 1.30 bits per heavy atom. The summed E-state index contributed by atoms with van der Waals surface area (Å²) >= 11 is 0. The molecule has 2 amide bonds. The van der Waals surface area contributed by atoms with Crippen LogP contribution in [-0.4, -0.2) is 33.0 Å². The van der Waals surface area contributed by atoms with Gasteiger partial charge in [-0.15, -0.1) is 0 Å². The largest absolute Gasteiger partial charge is 0.338 e. The van der Waals surface area contributed by atoms with E-state index in [1.54, 1.807) is 28.9 Å².